The summed E-state index contributed by atoms with van der Waals surface area (Å²) in [5, 5.41) is 18.5. The van der Waals surface area contributed by atoms with E-state index >= 15 is 0 Å². The average molecular weight is 398 g/mol. The predicted molar refractivity (Wildman–Crippen MR) is 104 cm³/mol. The molecule has 0 saturated carbocycles. The first-order valence-electron chi connectivity index (χ1n) is 8.24. The van der Waals surface area contributed by atoms with Crippen molar-refractivity contribution < 1.29 is 19.4 Å². The number of benzene rings is 2. The number of hydrogen-bond donors (Lipinski definition) is 1. The maximum atomic E-state index is 10.7. The van der Waals surface area contributed by atoms with Gasteiger partial charge in [-0.15, -0.1) is 0 Å². The highest BCUT2D eigenvalue weighted by molar-refractivity contribution is 6.32. The zero-order valence-corrected chi connectivity index (χ0v) is 15.7. The van der Waals surface area contributed by atoms with Crippen molar-refractivity contribution in [3.63, 3.8) is 0 Å². The molecule has 0 saturated heterocycles. The van der Waals surface area contributed by atoms with Crippen LogP contribution in [0, 0.1) is 11.3 Å². The molecule has 0 bridgehead atoms. The topological polar surface area (TPSA) is 97.4 Å². The molecule has 1 N–H and O–H groups in total. The average Bonchev–Trinajstić information content (AvgIpc) is 3.09. The third kappa shape index (κ3) is 4.24. The fourth-order valence-electron chi connectivity index (χ4n) is 2.73. The summed E-state index contributed by atoms with van der Waals surface area (Å²) in [6.45, 7) is -0.198. The van der Waals surface area contributed by atoms with Gasteiger partial charge in [0.2, 0.25) is 0 Å². The highest BCUT2D eigenvalue weighted by atomic mass is 35.5. The van der Waals surface area contributed by atoms with Crippen LogP contribution in [-0.4, -0.2) is 34.3 Å². The van der Waals surface area contributed by atoms with Crippen molar-refractivity contribution in [2.75, 3.05) is 13.7 Å². The van der Waals surface area contributed by atoms with Gasteiger partial charge in [-0.25, -0.2) is 9.78 Å². The molecule has 3 rings (SSSR count). The first kappa shape index (κ1) is 19.3. The van der Waals surface area contributed by atoms with Crippen LogP contribution >= 0.6 is 11.6 Å². The minimum atomic E-state index is -1.12. The van der Waals surface area contributed by atoms with E-state index in [2.05, 4.69) is 11.1 Å². The Balaban J connectivity index is 1.91. The Labute approximate surface area is 166 Å². The number of fused-ring (bicyclic) bond motifs is 1. The lowest BCUT2D eigenvalue weighted by atomic mass is 10.1. The number of allylic oxidation sites excluding steroid dienone is 1. The Hall–Kier alpha value is -3.50. The van der Waals surface area contributed by atoms with Gasteiger partial charge in [0.15, 0.2) is 18.1 Å². The second-order valence-electron chi connectivity index (χ2n) is 5.86. The van der Waals surface area contributed by atoms with Crippen LogP contribution in [-0.2, 0) is 11.3 Å². The lowest BCUT2D eigenvalue weighted by Gasteiger charge is -2.12. The van der Waals surface area contributed by atoms with Crippen molar-refractivity contribution in [2.24, 2.45) is 0 Å². The number of imidazole rings is 1. The molecule has 0 fully saturated rings. The Kier molecular flexibility index (Phi) is 5.82. The van der Waals surface area contributed by atoms with E-state index in [0.29, 0.717) is 17.7 Å². The van der Waals surface area contributed by atoms with E-state index in [1.165, 1.54) is 7.11 Å². The number of aliphatic carboxylic acids is 1. The van der Waals surface area contributed by atoms with Crippen LogP contribution in [0.15, 0.2) is 48.3 Å². The number of para-hydroxylation sites is 2. The first-order chi connectivity index (χ1) is 13.5. The van der Waals surface area contributed by atoms with Crippen LogP contribution in [0.1, 0.15) is 5.56 Å². The summed E-state index contributed by atoms with van der Waals surface area (Å²) >= 11 is 6.22. The van der Waals surface area contributed by atoms with Gasteiger partial charge in [-0.3, -0.25) is 0 Å². The summed E-state index contributed by atoms with van der Waals surface area (Å²) in [5.74, 6) is -0.699. The molecule has 3 aromatic rings. The van der Waals surface area contributed by atoms with Crippen molar-refractivity contribution in [2.45, 2.75) is 6.54 Å². The summed E-state index contributed by atoms with van der Waals surface area (Å²) in [7, 11) is 1.43. The Bertz CT molecular complexity index is 1100. The molecular weight excluding hydrogens is 382 g/mol. The molecule has 0 aliphatic heterocycles. The third-order valence-electron chi connectivity index (χ3n) is 3.94. The Morgan fingerprint density at radius 1 is 1.39 bits per heavy atom. The van der Waals surface area contributed by atoms with Gasteiger partial charge in [0.1, 0.15) is 0 Å². The molecule has 0 radical (unpaired) electrons. The molecule has 1 heterocycles. The van der Waals surface area contributed by atoms with E-state index in [9.17, 15) is 10.1 Å². The molecule has 28 heavy (non-hydrogen) atoms. The second kappa shape index (κ2) is 8.46. The summed E-state index contributed by atoms with van der Waals surface area (Å²) in [5.41, 5.74) is 2.90. The lowest BCUT2D eigenvalue weighted by Crippen LogP contribution is -2.10. The summed E-state index contributed by atoms with van der Waals surface area (Å²) in [6.07, 6.45) is 3.37. The normalized spacial score (nSPS) is 11.2. The van der Waals surface area contributed by atoms with Crippen LogP contribution in [0.3, 0.4) is 0 Å². The maximum absolute atomic E-state index is 10.7. The molecule has 0 unspecified atom stereocenters. The number of ether oxygens (including phenoxy) is 2. The van der Waals surface area contributed by atoms with Crippen molar-refractivity contribution in [1.29, 1.82) is 5.26 Å². The highest BCUT2D eigenvalue weighted by Crippen LogP contribution is 2.37. The Morgan fingerprint density at radius 3 is 2.89 bits per heavy atom. The number of halogens is 1. The molecule has 8 heteroatoms. The SMILES string of the molecule is COc1cc(/C=C(/C#N)Cn2cnc3ccccc32)cc(Cl)c1OCC(=O)O. The summed E-state index contributed by atoms with van der Waals surface area (Å²) in [4.78, 5) is 15.0. The molecule has 1 aromatic heterocycles. The van der Waals surface area contributed by atoms with Gasteiger partial charge in [0.25, 0.3) is 0 Å². The first-order valence-corrected chi connectivity index (χ1v) is 8.62. The molecule has 7 nitrogen and oxygen atoms in total. The molecule has 0 aliphatic rings. The molecule has 2 aromatic carbocycles. The number of hydrogen-bond acceptors (Lipinski definition) is 5. The van der Waals surface area contributed by atoms with E-state index in [-0.39, 0.29) is 16.5 Å². The van der Waals surface area contributed by atoms with Crippen molar-refractivity contribution >= 4 is 34.7 Å². The zero-order chi connectivity index (χ0) is 20.1. The third-order valence-corrected chi connectivity index (χ3v) is 4.23. The maximum Gasteiger partial charge on any atom is 0.341 e. The fraction of sp³-hybridized carbons (Fsp3) is 0.150. The number of rotatable bonds is 7. The second-order valence-corrected chi connectivity index (χ2v) is 6.27. The minimum Gasteiger partial charge on any atom is -0.493 e. The van der Waals surface area contributed by atoms with E-state index < -0.39 is 12.6 Å². The number of methoxy groups -OCH3 is 1. The van der Waals surface area contributed by atoms with E-state index in [1.807, 2.05) is 28.8 Å². The standard InChI is InChI=1S/C20H16ClN3O4/c1-27-18-8-13(7-15(21)20(18)28-11-19(25)26)6-14(9-22)10-24-12-23-16-4-2-3-5-17(16)24/h2-8,12H,10-11H2,1H3,(H,25,26)/b14-6-. The lowest BCUT2D eigenvalue weighted by molar-refractivity contribution is -0.139. The number of aromatic nitrogens is 2. The highest BCUT2D eigenvalue weighted by Gasteiger charge is 2.13. The molecule has 0 spiro atoms. The van der Waals surface area contributed by atoms with Crippen LogP contribution in [0.4, 0.5) is 0 Å². The van der Waals surface area contributed by atoms with E-state index in [4.69, 9.17) is 26.2 Å². The van der Waals surface area contributed by atoms with Gasteiger partial charge < -0.3 is 19.1 Å². The quantitative estimate of drug-likeness (QED) is 0.609. The van der Waals surface area contributed by atoms with Crippen LogP contribution < -0.4 is 9.47 Å². The Morgan fingerprint density at radius 2 is 2.18 bits per heavy atom. The molecule has 0 atom stereocenters. The summed E-state index contributed by atoms with van der Waals surface area (Å²) < 4.78 is 12.3. The smallest absolute Gasteiger partial charge is 0.341 e. The minimum absolute atomic E-state index is 0.142. The van der Waals surface area contributed by atoms with Gasteiger partial charge >= 0.3 is 5.97 Å². The van der Waals surface area contributed by atoms with Gasteiger partial charge in [-0.2, -0.15) is 5.26 Å². The number of carboxylic acids is 1. The largest absolute Gasteiger partial charge is 0.493 e. The number of nitrogens with zero attached hydrogens (tertiary/aromatic N) is 3. The van der Waals surface area contributed by atoms with Crippen LogP contribution in [0.25, 0.3) is 17.1 Å². The van der Waals surface area contributed by atoms with E-state index in [0.717, 1.165) is 11.0 Å². The summed E-state index contributed by atoms with van der Waals surface area (Å²) in [6, 6.07) is 13.1. The molecular formula is C20H16ClN3O4. The number of nitriles is 1. The molecule has 0 aliphatic carbocycles. The van der Waals surface area contributed by atoms with Gasteiger partial charge in [-0.05, 0) is 35.9 Å². The number of carboxylic acid groups (broad SMARTS) is 1. The predicted octanol–water partition coefficient (Wildman–Crippen LogP) is 3.77. The monoisotopic (exact) mass is 397 g/mol. The van der Waals surface area contributed by atoms with Gasteiger partial charge in [-0.1, -0.05) is 23.7 Å². The number of carbonyl (C=O) groups is 1. The zero-order valence-electron chi connectivity index (χ0n) is 14.9. The van der Waals surface area contributed by atoms with Crippen molar-refractivity contribution in [3.05, 3.63) is 58.9 Å². The fourth-order valence-corrected chi connectivity index (χ4v) is 3.01. The molecule has 142 valence electrons. The molecule has 0 amide bonds. The van der Waals surface area contributed by atoms with E-state index in [1.54, 1.807) is 24.5 Å². The van der Waals surface area contributed by atoms with Crippen molar-refractivity contribution in [1.82, 2.24) is 9.55 Å². The van der Waals surface area contributed by atoms with Crippen LogP contribution in [0.2, 0.25) is 5.02 Å². The van der Waals surface area contributed by atoms with Crippen LogP contribution in [0.5, 0.6) is 11.5 Å². The van der Waals surface area contributed by atoms with Gasteiger partial charge in [0.05, 0.1) is 42.1 Å². The van der Waals surface area contributed by atoms with Crippen molar-refractivity contribution in [3.8, 4) is 17.6 Å². The van der Waals surface area contributed by atoms with Gasteiger partial charge in [0, 0.05) is 5.57 Å².